The van der Waals surface area contributed by atoms with Gasteiger partial charge >= 0.3 is 0 Å². The molecule has 0 spiro atoms. The van der Waals surface area contributed by atoms with Gasteiger partial charge in [0.15, 0.2) is 11.6 Å². The van der Waals surface area contributed by atoms with Crippen LogP contribution in [0.5, 0.6) is 0 Å². The number of likely N-dealkylation sites (N-methyl/N-ethyl adjacent to an activating group) is 1. The van der Waals surface area contributed by atoms with Crippen molar-refractivity contribution in [2.24, 2.45) is 0 Å². The minimum Gasteiger partial charge on any atom is -0.371 e. The second-order valence-corrected chi connectivity index (χ2v) is 6.31. The summed E-state index contributed by atoms with van der Waals surface area (Å²) >= 11 is 0. The van der Waals surface area contributed by atoms with Gasteiger partial charge in [0.1, 0.15) is 0 Å². The van der Waals surface area contributed by atoms with Gasteiger partial charge in [-0.2, -0.15) is 0 Å². The highest BCUT2D eigenvalue weighted by Crippen LogP contribution is 2.43. The Hall–Kier alpha value is -2.14. The second-order valence-electron chi connectivity index (χ2n) is 6.31. The van der Waals surface area contributed by atoms with Crippen LogP contribution in [0, 0.1) is 11.6 Å². The number of anilines is 3. The van der Waals surface area contributed by atoms with E-state index in [1.807, 2.05) is 6.07 Å². The van der Waals surface area contributed by atoms with Crippen LogP contribution in [-0.4, -0.2) is 26.2 Å². The number of halogens is 2. The van der Waals surface area contributed by atoms with Crippen molar-refractivity contribution < 1.29 is 8.78 Å². The summed E-state index contributed by atoms with van der Waals surface area (Å²) in [5.41, 5.74) is 4.03. The quantitative estimate of drug-likeness (QED) is 0.886. The first-order valence-corrected chi connectivity index (χ1v) is 7.93. The highest BCUT2D eigenvalue weighted by atomic mass is 19.2. The molecule has 1 fully saturated rings. The average molecular weight is 315 g/mol. The van der Waals surface area contributed by atoms with Gasteiger partial charge in [0.05, 0.1) is 0 Å². The number of piperidine rings is 1. The van der Waals surface area contributed by atoms with E-state index < -0.39 is 11.6 Å². The maximum Gasteiger partial charge on any atom is 0.160 e. The second kappa shape index (κ2) is 5.49. The fraction of sp³-hybridized carbons (Fsp3) is 0.333. The highest BCUT2D eigenvalue weighted by Gasteiger charge is 2.37. The molecule has 4 rings (SSSR count). The van der Waals surface area contributed by atoms with Gasteiger partial charge in [0, 0.05) is 48.7 Å². The SMILES string of the molecule is CN1c2ccc(Nc3ccc(F)c(F)c3)cc2C2CNCCC21. The van der Waals surface area contributed by atoms with Crippen molar-refractivity contribution in [2.75, 3.05) is 30.4 Å². The molecule has 2 aromatic rings. The Bertz CT molecular complexity index is 747. The number of nitrogens with one attached hydrogen (secondary N) is 2. The molecule has 2 aliphatic heterocycles. The van der Waals surface area contributed by atoms with Gasteiger partial charge in [-0.15, -0.1) is 0 Å². The fourth-order valence-electron chi connectivity index (χ4n) is 3.80. The summed E-state index contributed by atoms with van der Waals surface area (Å²) in [6.07, 6.45) is 1.14. The number of benzene rings is 2. The van der Waals surface area contributed by atoms with Gasteiger partial charge < -0.3 is 15.5 Å². The summed E-state index contributed by atoms with van der Waals surface area (Å²) in [6, 6.07) is 10.6. The van der Waals surface area contributed by atoms with Crippen molar-refractivity contribution in [1.29, 1.82) is 0 Å². The van der Waals surface area contributed by atoms with Gasteiger partial charge in [-0.05, 0) is 48.9 Å². The van der Waals surface area contributed by atoms with Crippen LogP contribution in [0.4, 0.5) is 25.8 Å². The van der Waals surface area contributed by atoms with E-state index in [1.54, 1.807) is 6.07 Å². The minimum absolute atomic E-state index is 0.482. The number of rotatable bonds is 2. The first-order valence-electron chi connectivity index (χ1n) is 7.93. The molecule has 0 saturated carbocycles. The number of fused-ring (bicyclic) bond motifs is 3. The zero-order chi connectivity index (χ0) is 16.0. The molecule has 2 aliphatic rings. The fourth-order valence-corrected chi connectivity index (χ4v) is 3.80. The van der Waals surface area contributed by atoms with Crippen molar-refractivity contribution in [3.63, 3.8) is 0 Å². The number of nitrogens with zero attached hydrogens (tertiary/aromatic N) is 1. The molecule has 5 heteroatoms. The van der Waals surface area contributed by atoms with E-state index in [2.05, 4.69) is 34.7 Å². The summed E-state index contributed by atoms with van der Waals surface area (Å²) in [7, 11) is 2.15. The third kappa shape index (κ3) is 2.45. The van der Waals surface area contributed by atoms with Crippen molar-refractivity contribution in [3.8, 4) is 0 Å². The predicted molar refractivity (Wildman–Crippen MR) is 88.5 cm³/mol. The first-order chi connectivity index (χ1) is 11.1. The van der Waals surface area contributed by atoms with Gasteiger partial charge in [-0.25, -0.2) is 8.78 Å². The van der Waals surface area contributed by atoms with E-state index >= 15 is 0 Å². The number of hydrogen-bond donors (Lipinski definition) is 2. The molecule has 0 radical (unpaired) electrons. The Kier molecular flexibility index (Phi) is 3.45. The zero-order valence-electron chi connectivity index (χ0n) is 12.9. The number of hydrogen-bond acceptors (Lipinski definition) is 3. The highest BCUT2D eigenvalue weighted by molar-refractivity contribution is 5.70. The molecule has 120 valence electrons. The zero-order valence-corrected chi connectivity index (χ0v) is 12.9. The summed E-state index contributed by atoms with van der Waals surface area (Å²) in [6.45, 7) is 2.04. The van der Waals surface area contributed by atoms with Crippen molar-refractivity contribution in [1.82, 2.24) is 5.32 Å². The topological polar surface area (TPSA) is 27.3 Å². The first kappa shape index (κ1) is 14.5. The average Bonchev–Trinajstić information content (AvgIpc) is 2.84. The molecule has 0 amide bonds. The lowest BCUT2D eigenvalue weighted by Gasteiger charge is -2.31. The van der Waals surface area contributed by atoms with Gasteiger partial charge in [-0.3, -0.25) is 0 Å². The maximum atomic E-state index is 13.3. The van der Waals surface area contributed by atoms with Crippen LogP contribution in [-0.2, 0) is 0 Å². The molecule has 2 heterocycles. The van der Waals surface area contributed by atoms with Gasteiger partial charge in [0.2, 0.25) is 0 Å². The summed E-state index contributed by atoms with van der Waals surface area (Å²) in [5.74, 6) is -1.19. The Morgan fingerprint density at radius 2 is 1.87 bits per heavy atom. The molecule has 0 aromatic heterocycles. The van der Waals surface area contributed by atoms with Crippen LogP contribution in [0.15, 0.2) is 36.4 Å². The molecule has 1 saturated heterocycles. The van der Waals surface area contributed by atoms with E-state index in [-0.39, 0.29) is 0 Å². The third-order valence-corrected chi connectivity index (χ3v) is 4.96. The van der Waals surface area contributed by atoms with Crippen LogP contribution in [0.2, 0.25) is 0 Å². The smallest absolute Gasteiger partial charge is 0.160 e. The molecule has 3 nitrogen and oxygen atoms in total. The minimum atomic E-state index is -0.840. The van der Waals surface area contributed by atoms with Crippen molar-refractivity contribution in [2.45, 2.75) is 18.4 Å². The normalized spacial score (nSPS) is 22.7. The molecule has 2 atom stereocenters. The van der Waals surface area contributed by atoms with E-state index in [4.69, 9.17) is 0 Å². The van der Waals surface area contributed by atoms with Crippen LogP contribution in [0.25, 0.3) is 0 Å². The van der Waals surface area contributed by atoms with Crippen molar-refractivity contribution >= 4 is 17.1 Å². The summed E-state index contributed by atoms with van der Waals surface area (Å²) in [4.78, 5) is 2.36. The summed E-state index contributed by atoms with van der Waals surface area (Å²) in [5, 5.41) is 6.63. The molecule has 0 aliphatic carbocycles. The van der Waals surface area contributed by atoms with Crippen LogP contribution in [0.1, 0.15) is 17.9 Å². The molecule has 23 heavy (non-hydrogen) atoms. The molecule has 0 bridgehead atoms. The van der Waals surface area contributed by atoms with E-state index in [9.17, 15) is 8.78 Å². The lowest BCUT2D eigenvalue weighted by molar-refractivity contribution is 0.413. The molecular weight excluding hydrogens is 296 g/mol. The van der Waals surface area contributed by atoms with Gasteiger partial charge in [-0.1, -0.05) is 0 Å². The lowest BCUT2D eigenvalue weighted by atomic mass is 9.90. The van der Waals surface area contributed by atoms with Crippen LogP contribution >= 0.6 is 0 Å². The van der Waals surface area contributed by atoms with Crippen LogP contribution < -0.4 is 15.5 Å². The van der Waals surface area contributed by atoms with Crippen molar-refractivity contribution in [3.05, 3.63) is 53.6 Å². The van der Waals surface area contributed by atoms with E-state index in [0.29, 0.717) is 17.6 Å². The monoisotopic (exact) mass is 315 g/mol. The van der Waals surface area contributed by atoms with E-state index in [0.717, 1.165) is 31.3 Å². The summed E-state index contributed by atoms with van der Waals surface area (Å²) < 4.78 is 26.4. The standard InChI is InChI=1S/C18H19F2N3/c1-23-17-5-3-11(22-12-2-4-15(19)16(20)9-12)8-13(17)14-10-21-7-6-18(14)23/h2-5,8-9,14,18,21-22H,6-7,10H2,1H3. The predicted octanol–water partition coefficient (Wildman–Crippen LogP) is 3.60. The van der Waals surface area contributed by atoms with Gasteiger partial charge in [0.25, 0.3) is 0 Å². The molecule has 2 N–H and O–H groups in total. The molecule has 2 unspecified atom stereocenters. The Balaban J connectivity index is 1.64. The lowest BCUT2D eigenvalue weighted by Crippen LogP contribution is -2.42. The third-order valence-electron chi connectivity index (χ3n) is 4.96. The van der Waals surface area contributed by atoms with Crippen LogP contribution in [0.3, 0.4) is 0 Å². The molecule has 2 aromatic carbocycles. The Morgan fingerprint density at radius 3 is 2.70 bits per heavy atom. The Morgan fingerprint density at radius 1 is 1.09 bits per heavy atom. The molecular formula is C18H19F2N3. The maximum absolute atomic E-state index is 13.3. The van der Waals surface area contributed by atoms with E-state index in [1.165, 1.54) is 17.3 Å². The largest absolute Gasteiger partial charge is 0.371 e. The Labute approximate surface area is 134 Å².